The molecule has 0 unspecified atom stereocenters. The first-order valence-corrected chi connectivity index (χ1v) is 26.2. The second-order valence-corrected chi connectivity index (χ2v) is 18.3. The Morgan fingerprint density at radius 1 is 0.485 bits per heavy atom. The number of aliphatic hydroxyl groups excluding tert-OH is 7. The topological polar surface area (TPSA) is 231 Å². The van der Waals surface area contributed by atoms with Crippen LogP contribution in [0.25, 0.3) is 0 Å². The van der Waals surface area contributed by atoms with Crippen molar-refractivity contribution in [3.8, 4) is 0 Å². The van der Waals surface area contributed by atoms with Crippen molar-refractivity contribution in [1.29, 1.82) is 0 Å². The Bertz CT molecular complexity index is 1370. The summed E-state index contributed by atoms with van der Waals surface area (Å²) in [5.74, 6) is -0.950. The largest absolute Gasteiger partial charge is 0.462 e. The Kier molecular flexibility index (Phi) is 36.3. The van der Waals surface area contributed by atoms with Crippen molar-refractivity contribution in [3.63, 3.8) is 0 Å². The van der Waals surface area contributed by atoms with Crippen LogP contribution in [0.2, 0.25) is 0 Å². The molecule has 394 valence electrons. The van der Waals surface area contributed by atoms with Gasteiger partial charge < -0.3 is 64.2 Å². The third-order valence-corrected chi connectivity index (χ3v) is 12.3. The molecule has 2 heterocycles. The van der Waals surface area contributed by atoms with Gasteiger partial charge in [-0.05, 0) is 70.6 Å². The predicted molar refractivity (Wildman–Crippen MR) is 261 cm³/mol. The number of esters is 2. The molecule has 68 heavy (non-hydrogen) atoms. The van der Waals surface area contributed by atoms with Gasteiger partial charge in [0.05, 0.1) is 19.8 Å². The molecule has 0 spiro atoms. The highest BCUT2D eigenvalue weighted by atomic mass is 16.7. The van der Waals surface area contributed by atoms with Crippen molar-refractivity contribution >= 4 is 11.9 Å². The summed E-state index contributed by atoms with van der Waals surface area (Å²) in [6, 6.07) is 0. The highest BCUT2D eigenvalue weighted by Gasteiger charge is 2.47. The van der Waals surface area contributed by atoms with Crippen LogP contribution < -0.4 is 0 Å². The lowest BCUT2D eigenvalue weighted by atomic mass is 9.98. The molecule has 2 rings (SSSR count). The molecule has 0 aromatic carbocycles. The van der Waals surface area contributed by atoms with Crippen molar-refractivity contribution in [2.45, 2.75) is 248 Å². The van der Waals surface area contributed by atoms with E-state index < -0.39 is 99.3 Å². The molecular formula is C53H92O15. The SMILES string of the molecule is CC/C=C\C/C=C\C/C=C\CCCCCCCC(=O)O[C@H](COC(=O)CCCCCCCCC/C=C/CCCCCCCC)CO[C@@H]1O[C@H](CO[C@H]2O[C@H](CO)[C@H](O)[C@H](O)[C@H]2O)[C@H](O)[C@H](O)[C@H]1O. The molecule has 15 nitrogen and oxygen atoms in total. The highest BCUT2D eigenvalue weighted by Crippen LogP contribution is 2.26. The molecule has 2 aliphatic heterocycles. The molecule has 0 bridgehead atoms. The zero-order chi connectivity index (χ0) is 49.6. The zero-order valence-electron chi connectivity index (χ0n) is 41.6. The van der Waals surface area contributed by atoms with E-state index in [4.69, 9.17) is 28.4 Å². The molecule has 15 heteroatoms. The van der Waals surface area contributed by atoms with Gasteiger partial charge in [-0.2, -0.15) is 0 Å². The number of allylic oxidation sites excluding steroid dienone is 8. The summed E-state index contributed by atoms with van der Waals surface area (Å²) in [5, 5.41) is 72.1. The van der Waals surface area contributed by atoms with E-state index in [-0.39, 0.29) is 19.4 Å². The average molecular weight is 969 g/mol. The number of unbranched alkanes of at least 4 members (excludes halogenated alkanes) is 18. The molecule has 11 atom stereocenters. The summed E-state index contributed by atoms with van der Waals surface area (Å²) in [6.07, 6.45) is 27.1. The summed E-state index contributed by atoms with van der Waals surface area (Å²) >= 11 is 0. The monoisotopic (exact) mass is 969 g/mol. The van der Waals surface area contributed by atoms with E-state index in [0.717, 1.165) is 83.5 Å². The van der Waals surface area contributed by atoms with Crippen molar-refractivity contribution in [2.24, 2.45) is 0 Å². The first-order valence-electron chi connectivity index (χ1n) is 26.2. The van der Waals surface area contributed by atoms with Crippen LogP contribution in [0.15, 0.2) is 48.6 Å². The van der Waals surface area contributed by atoms with Gasteiger partial charge >= 0.3 is 11.9 Å². The fourth-order valence-electron chi connectivity index (χ4n) is 7.99. The van der Waals surface area contributed by atoms with Crippen molar-refractivity contribution in [3.05, 3.63) is 48.6 Å². The predicted octanol–water partition coefficient (Wildman–Crippen LogP) is 7.49. The number of aliphatic hydroxyl groups is 7. The molecule has 0 aromatic rings. The molecule has 2 fully saturated rings. The van der Waals surface area contributed by atoms with E-state index in [2.05, 4.69) is 62.5 Å². The zero-order valence-corrected chi connectivity index (χ0v) is 41.6. The lowest BCUT2D eigenvalue weighted by Crippen LogP contribution is -2.61. The highest BCUT2D eigenvalue weighted by molar-refractivity contribution is 5.70. The third-order valence-electron chi connectivity index (χ3n) is 12.3. The van der Waals surface area contributed by atoms with Gasteiger partial charge in [-0.25, -0.2) is 0 Å². The molecule has 0 aromatic heterocycles. The Morgan fingerprint density at radius 2 is 0.926 bits per heavy atom. The fraction of sp³-hybridized carbons (Fsp3) is 0.811. The van der Waals surface area contributed by atoms with Crippen molar-refractivity contribution < 1.29 is 73.8 Å². The summed E-state index contributed by atoms with van der Waals surface area (Å²) in [4.78, 5) is 25.8. The quantitative estimate of drug-likeness (QED) is 0.0179. The van der Waals surface area contributed by atoms with Crippen LogP contribution in [0.5, 0.6) is 0 Å². The fourth-order valence-corrected chi connectivity index (χ4v) is 7.99. The number of ether oxygens (including phenoxy) is 6. The molecule has 0 amide bonds. The van der Waals surface area contributed by atoms with Gasteiger partial charge in [0.15, 0.2) is 18.7 Å². The van der Waals surface area contributed by atoms with Crippen LogP contribution in [0.3, 0.4) is 0 Å². The van der Waals surface area contributed by atoms with Crippen LogP contribution in [0.4, 0.5) is 0 Å². The van der Waals surface area contributed by atoms with Gasteiger partial charge in [0, 0.05) is 12.8 Å². The molecule has 0 saturated carbocycles. The van der Waals surface area contributed by atoms with Gasteiger partial charge in [-0.3, -0.25) is 9.59 Å². The maximum absolute atomic E-state index is 13.0. The number of carbonyl (C=O) groups is 2. The maximum atomic E-state index is 13.0. The molecule has 7 N–H and O–H groups in total. The summed E-state index contributed by atoms with van der Waals surface area (Å²) in [7, 11) is 0. The minimum atomic E-state index is -1.77. The average Bonchev–Trinajstić information content (AvgIpc) is 3.33. The molecule has 2 saturated heterocycles. The molecule has 2 aliphatic rings. The standard InChI is InChI=1S/C53H92O15/c1-3-5-7-9-11-13-15-17-19-20-22-23-25-27-29-31-33-35-44(55)63-38-41(66-45(56)36-34-32-30-28-26-24-21-18-16-14-12-10-8-6-4-2)39-64-52-51(62)49(60)47(58)43(68-52)40-65-53-50(61)48(59)46(57)42(37-54)67-53/h6,8,12,14,17-19,21,41-43,46-54,57-62H,3-5,7,9-11,13,15-16,20,22-40H2,1-2H3/b8-6-,14-12-,19-17+,21-18-/t41-,42-,43-,46+,47+,48+,49+,50-,51-,52-,53+/m1/s1. The summed E-state index contributed by atoms with van der Waals surface area (Å²) in [6.45, 7) is 2.45. The molecule has 0 aliphatic carbocycles. The number of hydrogen-bond acceptors (Lipinski definition) is 15. The Labute approximate surface area is 408 Å². The van der Waals surface area contributed by atoms with Gasteiger partial charge in [0.2, 0.25) is 0 Å². The van der Waals surface area contributed by atoms with E-state index >= 15 is 0 Å². The third kappa shape index (κ3) is 27.7. The second-order valence-electron chi connectivity index (χ2n) is 18.3. The first-order chi connectivity index (χ1) is 33.0. The van der Waals surface area contributed by atoms with E-state index in [1.54, 1.807) is 0 Å². The summed E-state index contributed by atoms with van der Waals surface area (Å²) in [5.41, 5.74) is 0. The molecule has 0 radical (unpaired) electrons. The first kappa shape index (κ1) is 61.6. The number of rotatable bonds is 40. The number of hydrogen-bond donors (Lipinski definition) is 7. The lowest BCUT2D eigenvalue weighted by Gasteiger charge is -2.42. The Morgan fingerprint density at radius 3 is 1.47 bits per heavy atom. The lowest BCUT2D eigenvalue weighted by molar-refractivity contribution is -0.332. The van der Waals surface area contributed by atoms with Crippen molar-refractivity contribution in [2.75, 3.05) is 26.4 Å². The van der Waals surface area contributed by atoms with Crippen molar-refractivity contribution in [1.82, 2.24) is 0 Å². The van der Waals surface area contributed by atoms with E-state index in [1.807, 2.05) is 0 Å². The minimum absolute atomic E-state index is 0.144. The van der Waals surface area contributed by atoms with E-state index in [1.165, 1.54) is 57.8 Å². The smallest absolute Gasteiger partial charge is 0.306 e. The van der Waals surface area contributed by atoms with Crippen LogP contribution in [-0.4, -0.2) is 142 Å². The molecular weight excluding hydrogens is 877 g/mol. The van der Waals surface area contributed by atoms with Gasteiger partial charge in [-0.1, -0.05) is 146 Å². The van der Waals surface area contributed by atoms with E-state index in [0.29, 0.717) is 12.8 Å². The number of carbonyl (C=O) groups excluding carboxylic acids is 2. The Hall–Kier alpha value is -2.54. The Balaban J connectivity index is 1.81. The second kappa shape index (κ2) is 40.1. The van der Waals surface area contributed by atoms with Crippen LogP contribution in [-0.2, 0) is 38.0 Å². The van der Waals surface area contributed by atoms with E-state index in [9.17, 15) is 45.3 Å². The maximum Gasteiger partial charge on any atom is 0.306 e. The summed E-state index contributed by atoms with van der Waals surface area (Å²) < 4.78 is 33.6. The minimum Gasteiger partial charge on any atom is -0.462 e. The van der Waals surface area contributed by atoms with Gasteiger partial charge in [-0.15, -0.1) is 0 Å². The van der Waals surface area contributed by atoms with Crippen LogP contribution in [0, 0.1) is 0 Å². The van der Waals surface area contributed by atoms with Crippen LogP contribution in [0.1, 0.15) is 181 Å². The normalized spacial score (nSPS) is 26.1. The van der Waals surface area contributed by atoms with Gasteiger partial charge in [0.1, 0.15) is 55.4 Å². The van der Waals surface area contributed by atoms with Gasteiger partial charge in [0.25, 0.3) is 0 Å². The van der Waals surface area contributed by atoms with Crippen LogP contribution >= 0.6 is 0 Å².